The lowest BCUT2D eigenvalue weighted by Gasteiger charge is -2.27. The quantitative estimate of drug-likeness (QED) is 0.807. The zero-order chi connectivity index (χ0) is 17.8. The standard InChI is InChI=1S/C18H23F2NO3S/c19-18(20)15(17(18)11-4-2-1-3-5-11)10-25(23,24)21-16-8-12-6-13(16)7-14(12)9-22/h1-5,12-17,21-22H,6-10H2/t12-,13-,14+,15-,16-,17-/m1/s1. The summed E-state index contributed by atoms with van der Waals surface area (Å²) in [4.78, 5) is 0. The third kappa shape index (κ3) is 3.11. The van der Waals surface area contributed by atoms with Crippen LogP contribution in [0.1, 0.15) is 30.7 Å². The van der Waals surface area contributed by atoms with Gasteiger partial charge in [0.05, 0.1) is 17.6 Å². The van der Waals surface area contributed by atoms with Crippen molar-refractivity contribution in [1.29, 1.82) is 0 Å². The Morgan fingerprint density at radius 2 is 1.84 bits per heavy atom. The minimum atomic E-state index is -3.75. The second-order valence-electron chi connectivity index (χ2n) is 7.85. The Hall–Kier alpha value is -1.05. The first kappa shape index (κ1) is 17.4. The molecule has 2 bridgehead atoms. The van der Waals surface area contributed by atoms with Crippen LogP contribution >= 0.6 is 0 Å². The second kappa shape index (κ2) is 5.99. The van der Waals surface area contributed by atoms with E-state index >= 15 is 0 Å². The normalized spacial score (nSPS) is 38.8. The Kier molecular flexibility index (Phi) is 4.16. The molecule has 6 atom stereocenters. The molecule has 0 aromatic heterocycles. The molecule has 3 fully saturated rings. The molecular formula is C18H23F2NO3S. The molecule has 0 unspecified atom stereocenters. The van der Waals surface area contributed by atoms with Gasteiger partial charge in [-0.2, -0.15) is 0 Å². The highest BCUT2D eigenvalue weighted by atomic mass is 32.2. The SMILES string of the molecule is O=S(=O)(C[C@@H]1[C@@H](c2ccccc2)C1(F)F)N[C@@H]1C[C@H]2C[C@@H]1C[C@H]2CO. The van der Waals surface area contributed by atoms with E-state index in [1.54, 1.807) is 30.3 Å². The molecule has 1 aromatic rings. The molecule has 0 aliphatic heterocycles. The summed E-state index contributed by atoms with van der Waals surface area (Å²) >= 11 is 0. The molecule has 3 aliphatic rings. The van der Waals surface area contributed by atoms with Crippen LogP contribution in [0.2, 0.25) is 0 Å². The number of fused-ring (bicyclic) bond motifs is 2. The predicted octanol–water partition coefficient (Wildman–Crippen LogP) is 2.36. The van der Waals surface area contributed by atoms with E-state index < -0.39 is 33.5 Å². The summed E-state index contributed by atoms with van der Waals surface area (Å²) in [7, 11) is -3.75. The van der Waals surface area contributed by atoms with E-state index in [0.29, 0.717) is 17.9 Å². The molecule has 1 aromatic carbocycles. The number of nitrogens with one attached hydrogen (secondary N) is 1. The first-order valence-electron chi connectivity index (χ1n) is 8.85. The third-order valence-electron chi connectivity index (χ3n) is 6.33. The van der Waals surface area contributed by atoms with Gasteiger partial charge in [-0.05, 0) is 42.6 Å². The number of halogens is 2. The van der Waals surface area contributed by atoms with Crippen LogP contribution in [0.15, 0.2) is 30.3 Å². The molecule has 3 aliphatic carbocycles. The Labute approximate surface area is 146 Å². The average Bonchev–Trinajstić information content (AvgIpc) is 2.91. The smallest absolute Gasteiger partial charge is 0.260 e. The van der Waals surface area contributed by atoms with E-state index in [1.165, 1.54) is 0 Å². The zero-order valence-corrected chi connectivity index (χ0v) is 14.6. The number of sulfonamides is 1. The van der Waals surface area contributed by atoms with Crippen LogP contribution in [-0.4, -0.2) is 37.8 Å². The number of hydrogen-bond donors (Lipinski definition) is 2. The molecular weight excluding hydrogens is 348 g/mol. The molecule has 2 N–H and O–H groups in total. The van der Waals surface area contributed by atoms with E-state index in [-0.39, 0.29) is 24.5 Å². The van der Waals surface area contributed by atoms with Crippen molar-refractivity contribution >= 4 is 10.0 Å². The van der Waals surface area contributed by atoms with Crippen molar-refractivity contribution in [2.45, 2.75) is 37.1 Å². The summed E-state index contributed by atoms with van der Waals surface area (Å²) < 4.78 is 55.8. The first-order valence-corrected chi connectivity index (χ1v) is 10.5. The maximum atomic E-state index is 14.1. The lowest BCUT2D eigenvalue weighted by atomic mass is 9.87. The first-order chi connectivity index (χ1) is 11.8. The van der Waals surface area contributed by atoms with Gasteiger partial charge in [0.1, 0.15) is 0 Å². The molecule has 3 saturated carbocycles. The van der Waals surface area contributed by atoms with Crippen molar-refractivity contribution in [1.82, 2.24) is 4.72 Å². The number of aliphatic hydroxyl groups excluding tert-OH is 1. The maximum Gasteiger partial charge on any atom is 0.260 e. The molecule has 0 radical (unpaired) electrons. The molecule has 4 rings (SSSR count). The van der Waals surface area contributed by atoms with Crippen LogP contribution in [0, 0.1) is 23.7 Å². The van der Waals surface area contributed by atoms with Crippen LogP contribution in [-0.2, 0) is 10.0 Å². The highest BCUT2D eigenvalue weighted by Gasteiger charge is 2.69. The van der Waals surface area contributed by atoms with E-state index in [1.807, 2.05) is 0 Å². The summed E-state index contributed by atoms with van der Waals surface area (Å²) in [5.41, 5.74) is 0.499. The Morgan fingerprint density at radius 3 is 2.44 bits per heavy atom. The van der Waals surface area contributed by atoms with Crippen molar-refractivity contribution in [2.75, 3.05) is 12.4 Å². The third-order valence-corrected chi connectivity index (χ3v) is 7.79. The summed E-state index contributed by atoms with van der Waals surface area (Å²) in [6, 6.07) is 8.24. The van der Waals surface area contributed by atoms with Gasteiger partial charge in [-0.1, -0.05) is 30.3 Å². The number of aliphatic hydroxyl groups is 1. The number of alkyl halides is 2. The topological polar surface area (TPSA) is 66.4 Å². The summed E-state index contributed by atoms with van der Waals surface area (Å²) in [5.74, 6) is -4.83. The highest BCUT2D eigenvalue weighted by Crippen LogP contribution is 2.62. The van der Waals surface area contributed by atoms with E-state index in [2.05, 4.69) is 4.72 Å². The van der Waals surface area contributed by atoms with E-state index in [4.69, 9.17) is 0 Å². The van der Waals surface area contributed by atoms with Crippen LogP contribution < -0.4 is 4.72 Å². The highest BCUT2D eigenvalue weighted by molar-refractivity contribution is 7.89. The van der Waals surface area contributed by atoms with Gasteiger partial charge in [-0.3, -0.25) is 0 Å². The van der Waals surface area contributed by atoms with Crippen LogP contribution in [0.25, 0.3) is 0 Å². The van der Waals surface area contributed by atoms with Crippen LogP contribution in [0.3, 0.4) is 0 Å². The van der Waals surface area contributed by atoms with Crippen molar-refractivity contribution in [3.63, 3.8) is 0 Å². The summed E-state index contributed by atoms with van der Waals surface area (Å²) in [5, 5.41) is 9.31. The van der Waals surface area contributed by atoms with Crippen molar-refractivity contribution in [2.24, 2.45) is 23.7 Å². The minimum Gasteiger partial charge on any atom is -0.396 e. The predicted molar refractivity (Wildman–Crippen MR) is 89.7 cm³/mol. The molecule has 0 saturated heterocycles. The van der Waals surface area contributed by atoms with Gasteiger partial charge in [-0.15, -0.1) is 0 Å². The van der Waals surface area contributed by atoms with Gasteiger partial charge in [0, 0.05) is 12.6 Å². The van der Waals surface area contributed by atoms with E-state index in [0.717, 1.165) is 12.8 Å². The van der Waals surface area contributed by atoms with Crippen LogP contribution in [0.5, 0.6) is 0 Å². The molecule has 0 spiro atoms. The average molecular weight is 371 g/mol. The zero-order valence-electron chi connectivity index (χ0n) is 13.8. The Balaban J connectivity index is 1.40. The Bertz CT molecular complexity index is 740. The molecule has 7 heteroatoms. The van der Waals surface area contributed by atoms with Gasteiger partial charge in [-0.25, -0.2) is 21.9 Å². The van der Waals surface area contributed by atoms with Crippen molar-refractivity contribution in [3.05, 3.63) is 35.9 Å². The van der Waals surface area contributed by atoms with Gasteiger partial charge >= 0.3 is 0 Å². The molecule has 0 amide bonds. The fourth-order valence-electron chi connectivity index (χ4n) is 4.99. The van der Waals surface area contributed by atoms with Gasteiger partial charge in [0.15, 0.2) is 0 Å². The lowest BCUT2D eigenvalue weighted by molar-refractivity contribution is 0.0967. The number of benzene rings is 1. The second-order valence-corrected chi connectivity index (χ2v) is 9.64. The number of hydrogen-bond acceptors (Lipinski definition) is 3. The lowest BCUT2D eigenvalue weighted by Crippen LogP contribution is -2.41. The molecule has 4 nitrogen and oxygen atoms in total. The molecule has 138 valence electrons. The molecule has 25 heavy (non-hydrogen) atoms. The van der Waals surface area contributed by atoms with Gasteiger partial charge < -0.3 is 5.11 Å². The fourth-order valence-corrected chi connectivity index (χ4v) is 6.72. The van der Waals surface area contributed by atoms with Crippen LogP contribution in [0.4, 0.5) is 8.78 Å². The summed E-state index contributed by atoms with van der Waals surface area (Å²) in [6.45, 7) is 0.147. The van der Waals surface area contributed by atoms with Crippen molar-refractivity contribution < 1.29 is 22.3 Å². The maximum absolute atomic E-state index is 14.1. The van der Waals surface area contributed by atoms with Gasteiger partial charge in [0.2, 0.25) is 10.0 Å². The number of rotatable bonds is 6. The fraction of sp³-hybridized carbons (Fsp3) is 0.667. The summed E-state index contributed by atoms with van der Waals surface area (Å²) in [6.07, 6.45) is 2.45. The Morgan fingerprint density at radius 1 is 1.12 bits per heavy atom. The largest absolute Gasteiger partial charge is 0.396 e. The monoisotopic (exact) mass is 371 g/mol. The van der Waals surface area contributed by atoms with Crippen molar-refractivity contribution in [3.8, 4) is 0 Å². The van der Waals surface area contributed by atoms with E-state index in [9.17, 15) is 22.3 Å². The molecule has 0 heterocycles. The minimum absolute atomic E-state index is 0.147. The van der Waals surface area contributed by atoms with Gasteiger partial charge in [0.25, 0.3) is 5.92 Å².